The van der Waals surface area contributed by atoms with Gasteiger partial charge in [-0.05, 0) is 0 Å². The van der Waals surface area contributed by atoms with Crippen LogP contribution in [0, 0.1) is 0 Å². The number of alkyl halides is 3. The van der Waals surface area contributed by atoms with Crippen molar-refractivity contribution in [3.63, 3.8) is 0 Å². The van der Waals surface area contributed by atoms with Gasteiger partial charge in [0, 0.05) is 0 Å². The van der Waals surface area contributed by atoms with Crippen molar-refractivity contribution < 1.29 is 22.6 Å². The van der Waals surface area contributed by atoms with E-state index in [0.29, 0.717) is 0 Å². The molecule has 0 aromatic carbocycles. The van der Waals surface area contributed by atoms with Crippen molar-refractivity contribution in [2.24, 2.45) is 0 Å². The van der Waals surface area contributed by atoms with Crippen LogP contribution in [0.5, 0.6) is 5.75 Å². The lowest BCUT2D eigenvalue weighted by Gasteiger charge is -2.10. The Hall–Kier alpha value is -1.28. The fourth-order valence-electron chi connectivity index (χ4n) is 0.973. The molecule has 1 heterocycles. The lowest BCUT2D eigenvalue weighted by atomic mass is 10.6. The maximum Gasteiger partial charge on any atom is 0.411 e. The Labute approximate surface area is 98.7 Å². The van der Waals surface area contributed by atoms with E-state index in [1.807, 2.05) is 0 Å². The summed E-state index contributed by atoms with van der Waals surface area (Å²) >= 11 is 5.54. The summed E-state index contributed by atoms with van der Waals surface area (Å²) in [5.74, 6) is -0.246. The van der Waals surface area contributed by atoms with Gasteiger partial charge in [-0.15, -0.1) is 0 Å². The maximum absolute atomic E-state index is 11.8. The van der Waals surface area contributed by atoms with E-state index >= 15 is 0 Å². The SMILES string of the molecule is COc1c(Cl)ncn(COCC(F)(F)F)c1=O. The Morgan fingerprint density at radius 2 is 2.18 bits per heavy atom. The van der Waals surface area contributed by atoms with Crippen LogP contribution in [0.15, 0.2) is 11.1 Å². The van der Waals surface area contributed by atoms with E-state index in [4.69, 9.17) is 11.6 Å². The standard InChI is InChI=1S/C8H8ClF3N2O3/c1-16-5-6(9)13-3-14(7(5)15)4-17-2-8(10,11)12/h3H,2,4H2,1H3. The molecule has 1 aromatic rings. The first-order valence-corrected chi connectivity index (χ1v) is 4.66. The molecule has 0 bridgehead atoms. The Bertz CT molecular complexity index is 447. The molecule has 1 rings (SSSR count). The molecule has 0 radical (unpaired) electrons. The molecule has 0 saturated heterocycles. The molecule has 0 atom stereocenters. The number of ether oxygens (including phenoxy) is 2. The minimum atomic E-state index is -4.45. The molecular formula is C8H8ClF3N2O3. The Balaban J connectivity index is 2.76. The number of halogens is 4. The zero-order chi connectivity index (χ0) is 13.1. The molecule has 96 valence electrons. The smallest absolute Gasteiger partial charge is 0.411 e. The van der Waals surface area contributed by atoms with Crippen molar-refractivity contribution in [1.29, 1.82) is 0 Å². The van der Waals surface area contributed by atoms with Crippen molar-refractivity contribution in [1.82, 2.24) is 9.55 Å². The van der Waals surface area contributed by atoms with Crippen LogP contribution in [0.2, 0.25) is 5.15 Å². The average molecular weight is 273 g/mol. The molecule has 1 aromatic heterocycles. The van der Waals surface area contributed by atoms with Crippen LogP contribution in [0.1, 0.15) is 0 Å². The fourth-order valence-corrected chi connectivity index (χ4v) is 1.17. The Morgan fingerprint density at radius 3 is 2.71 bits per heavy atom. The third kappa shape index (κ3) is 3.90. The van der Waals surface area contributed by atoms with Gasteiger partial charge in [0.15, 0.2) is 5.15 Å². The fraction of sp³-hybridized carbons (Fsp3) is 0.500. The van der Waals surface area contributed by atoms with Crippen molar-refractivity contribution in [3.05, 3.63) is 21.8 Å². The quantitative estimate of drug-likeness (QED) is 0.779. The molecular weight excluding hydrogens is 265 g/mol. The summed E-state index contributed by atoms with van der Waals surface area (Å²) in [5, 5.41) is -0.162. The first kappa shape index (κ1) is 13.8. The summed E-state index contributed by atoms with van der Waals surface area (Å²) < 4.78 is 45.2. The largest absolute Gasteiger partial charge is 0.489 e. The molecule has 17 heavy (non-hydrogen) atoms. The van der Waals surface area contributed by atoms with Gasteiger partial charge < -0.3 is 9.47 Å². The predicted octanol–water partition coefficient (Wildman–Crippen LogP) is 1.44. The van der Waals surface area contributed by atoms with Gasteiger partial charge in [0.05, 0.1) is 7.11 Å². The highest BCUT2D eigenvalue weighted by atomic mass is 35.5. The van der Waals surface area contributed by atoms with E-state index in [-0.39, 0.29) is 10.9 Å². The van der Waals surface area contributed by atoms with E-state index in [1.54, 1.807) is 0 Å². The first-order valence-electron chi connectivity index (χ1n) is 4.28. The topological polar surface area (TPSA) is 53.4 Å². The number of rotatable bonds is 4. The molecule has 0 spiro atoms. The van der Waals surface area contributed by atoms with Gasteiger partial charge in [-0.2, -0.15) is 13.2 Å². The summed E-state index contributed by atoms with van der Waals surface area (Å²) in [6.07, 6.45) is -3.48. The highest BCUT2D eigenvalue weighted by Gasteiger charge is 2.27. The Kier molecular flexibility index (Phi) is 4.35. The monoisotopic (exact) mass is 272 g/mol. The van der Waals surface area contributed by atoms with Crippen LogP contribution in [0.25, 0.3) is 0 Å². The van der Waals surface area contributed by atoms with Gasteiger partial charge in [0.25, 0.3) is 5.56 Å². The molecule has 0 aliphatic heterocycles. The zero-order valence-corrected chi connectivity index (χ0v) is 9.38. The third-order valence-corrected chi connectivity index (χ3v) is 1.92. The van der Waals surface area contributed by atoms with Crippen molar-refractivity contribution in [2.75, 3.05) is 13.7 Å². The molecule has 0 saturated carbocycles. The lowest BCUT2D eigenvalue weighted by Crippen LogP contribution is -2.26. The molecule has 0 N–H and O–H groups in total. The minimum absolute atomic E-state index is 0.162. The second-order valence-corrected chi connectivity index (χ2v) is 3.29. The van der Waals surface area contributed by atoms with Gasteiger partial charge in [-0.3, -0.25) is 9.36 Å². The molecule has 0 aliphatic carbocycles. The number of nitrogens with zero attached hydrogens (tertiary/aromatic N) is 2. The minimum Gasteiger partial charge on any atom is -0.489 e. The second kappa shape index (κ2) is 5.37. The van der Waals surface area contributed by atoms with Gasteiger partial charge in [-0.25, -0.2) is 4.98 Å². The van der Waals surface area contributed by atoms with Crippen LogP contribution in [0.3, 0.4) is 0 Å². The summed E-state index contributed by atoms with van der Waals surface area (Å²) in [4.78, 5) is 15.1. The number of hydrogen-bond donors (Lipinski definition) is 0. The van der Waals surface area contributed by atoms with Gasteiger partial charge in [0.1, 0.15) is 19.7 Å². The van der Waals surface area contributed by atoms with E-state index in [9.17, 15) is 18.0 Å². The summed E-state index contributed by atoms with van der Waals surface area (Å²) in [7, 11) is 1.20. The zero-order valence-electron chi connectivity index (χ0n) is 8.62. The van der Waals surface area contributed by atoms with Crippen molar-refractivity contribution in [3.8, 4) is 5.75 Å². The maximum atomic E-state index is 11.8. The Morgan fingerprint density at radius 1 is 1.53 bits per heavy atom. The van der Waals surface area contributed by atoms with Crippen LogP contribution in [-0.2, 0) is 11.5 Å². The van der Waals surface area contributed by atoms with Crippen LogP contribution < -0.4 is 10.3 Å². The highest BCUT2D eigenvalue weighted by molar-refractivity contribution is 6.30. The molecule has 0 fully saturated rings. The summed E-state index contributed by atoms with van der Waals surface area (Å²) in [6.45, 7) is -2.04. The van der Waals surface area contributed by atoms with E-state index < -0.39 is 25.1 Å². The molecule has 0 amide bonds. The molecule has 5 nitrogen and oxygen atoms in total. The van der Waals surface area contributed by atoms with Crippen LogP contribution >= 0.6 is 11.6 Å². The number of aromatic nitrogens is 2. The molecule has 9 heteroatoms. The first-order chi connectivity index (χ1) is 7.85. The number of hydrogen-bond acceptors (Lipinski definition) is 4. The molecule has 0 aliphatic rings. The highest BCUT2D eigenvalue weighted by Crippen LogP contribution is 2.16. The summed E-state index contributed by atoms with van der Waals surface area (Å²) in [6, 6.07) is 0. The summed E-state index contributed by atoms with van der Waals surface area (Å²) in [5.41, 5.74) is -0.713. The van der Waals surface area contributed by atoms with E-state index in [1.165, 1.54) is 7.11 Å². The van der Waals surface area contributed by atoms with Crippen molar-refractivity contribution >= 4 is 11.6 Å². The third-order valence-electron chi connectivity index (χ3n) is 1.65. The van der Waals surface area contributed by atoms with Gasteiger partial charge in [0.2, 0.25) is 5.75 Å². The average Bonchev–Trinajstić information content (AvgIpc) is 2.20. The van der Waals surface area contributed by atoms with Crippen LogP contribution in [-0.4, -0.2) is 29.4 Å². The van der Waals surface area contributed by atoms with Crippen molar-refractivity contribution in [2.45, 2.75) is 12.9 Å². The van der Waals surface area contributed by atoms with Gasteiger partial charge >= 0.3 is 6.18 Å². The lowest BCUT2D eigenvalue weighted by molar-refractivity contribution is -0.182. The van der Waals surface area contributed by atoms with E-state index in [0.717, 1.165) is 10.9 Å². The predicted molar refractivity (Wildman–Crippen MR) is 52.1 cm³/mol. The van der Waals surface area contributed by atoms with E-state index in [2.05, 4.69) is 14.5 Å². The van der Waals surface area contributed by atoms with Crippen LogP contribution in [0.4, 0.5) is 13.2 Å². The number of methoxy groups -OCH3 is 1. The second-order valence-electron chi connectivity index (χ2n) is 2.94. The molecule has 0 unspecified atom stereocenters. The van der Waals surface area contributed by atoms with Gasteiger partial charge in [-0.1, -0.05) is 11.6 Å². The normalized spacial score (nSPS) is 11.6.